The molecule has 0 fully saturated rings. The molecule has 6 heteroatoms. The molecule has 0 radical (unpaired) electrons. The van der Waals surface area contributed by atoms with E-state index in [0.29, 0.717) is 19.3 Å². The molecule has 0 spiro atoms. The summed E-state index contributed by atoms with van der Waals surface area (Å²) >= 11 is 0. The maximum atomic E-state index is 12.8. The predicted molar refractivity (Wildman–Crippen MR) is 288 cm³/mol. The van der Waals surface area contributed by atoms with Crippen LogP contribution in [0.25, 0.3) is 0 Å². The van der Waals surface area contributed by atoms with E-state index in [2.05, 4.69) is 81.5 Å². The normalized spacial score (nSPS) is 12.5. The third-order valence-electron chi connectivity index (χ3n) is 12.5. The monoisotopic (exact) mass is 937 g/mol. The van der Waals surface area contributed by atoms with Crippen molar-refractivity contribution in [1.82, 2.24) is 0 Å². The molecule has 0 amide bonds. The molecule has 0 N–H and O–H groups in total. The van der Waals surface area contributed by atoms with Gasteiger partial charge in [0.05, 0.1) is 0 Å². The molecule has 0 aromatic carbocycles. The minimum atomic E-state index is -0.800. The van der Waals surface area contributed by atoms with Crippen molar-refractivity contribution in [3.05, 3.63) is 60.8 Å². The van der Waals surface area contributed by atoms with Gasteiger partial charge in [0.2, 0.25) is 0 Å². The lowest BCUT2D eigenvalue weighted by molar-refractivity contribution is -0.167. The zero-order chi connectivity index (χ0) is 48.6. The second kappa shape index (κ2) is 55.7. The average Bonchev–Trinajstić information content (AvgIpc) is 3.33. The van der Waals surface area contributed by atoms with E-state index in [-0.39, 0.29) is 37.5 Å². The Morgan fingerprint density at radius 2 is 0.582 bits per heavy atom. The van der Waals surface area contributed by atoms with Crippen LogP contribution < -0.4 is 0 Å². The van der Waals surface area contributed by atoms with E-state index in [0.717, 1.165) is 77.0 Å². The quantitative estimate of drug-likeness (QED) is 0.0262. The summed E-state index contributed by atoms with van der Waals surface area (Å²) in [6.45, 7) is 6.50. The van der Waals surface area contributed by atoms with Crippen molar-refractivity contribution in [3.63, 3.8) is 0 Å². The summed E-state index contributed by atoms with van der Waals surface area (Å²) in [6.07, 6.45) is 69.4. The van der Waals surface area contributed by atoms with Crippen molar-refractivity contribution >= 4 is 17.9 Å². The van der Waals surface area contributed by atoms with Crippen LogP contribution >= 0.6 is 0 Å². The maximum absolute atomic E-state index is 12.8. The summed E-state index contributed by atoms with van der Waals surface area (Å²) in [4.78, 5) is 38.1. The van der Waals surface area contributed by atoms with E-state index in [9.17, 15) is 14.4 Å². The highest BCUT2D eigenvalue weighted by molar-refractivity contribution is 5.71. The third kappa shape index (κ3) is 53.9. The van der Waals surface area contributed by atoms with Crippen LogP contribution in [0.3, 0.4) is 0 Å². The average molecular weight is 938 g/mol. The van der Waals surface area contributed by atoms with Crippen molar-refractivity contribution in [2.24, 2.45) is 0 Å². The fraction of sp³-hybridized carbons (Fsp3) is 0.787. The molecule has 388 valence electrons. The number of unbranched alkanes of at least 4 members (excludes halogenated alkanes) is 31. The van der Waals surface area contributed by atoms with E-state index in [4.69, 9.17) is 14.2 Å². The number of esters is 3. The van der Waals surface area contributed by atoms with Gasteiger partial charge in [-0.3, -0.25) is 14.4 Å². The minimum absolute atomic E-state index is 0.0929. The van der Waals surface area contributed by atoms with Crippen LogP contribution in [0.15, 0.2) is 60.8 Å². The van der Waals surface area contributed by atoms with E-state index in [1.165, 1.54) is 167 Å². The Labute approximate surface area is 415 Å². The zero-order valence-corrected chi connectivity index (χ0v) is 44.4. The molecular weight excluding hydrogens is 829 g/mol. The van der Waals surface area contributed by atoms with E-state index >= 15 is 0 Å². The van der Waals surface area contributed by atoms with Gasteiger partial charge in [-0.1, -0.05) is 274 Å². The number of rotatable bonds is 52. The molecule has 67 heavy (non-hydrogen) atoms. The smallest absolute Gasteiger partial charge is 0.306 e. The second-order valence-corrected chi connectivity index (χ2v) is 19.2. The van der Waals surface area contributed by atoms with Gasteiger partial charge in [-0.15, -0.1) is 0 Å². The lowest BCUT2D eigenvalue weighted by Crippen LogP contribution is -2.30. The molecule has 0 heterocycles. The van der Waals surface area contributed by atoms with Gasteiger partial charge in [-0.05, 0) is 57.8 Å². The van der Waals surface area contributed by atoms with Gasteiger partial charge < -0.3 is 14.2 Å². The lowest BCUT2D eigenvalue weighted by Gasteiger charge is -2.18. The highest BCUT2D eigenvalue weighted by atomic mass is 16.6. The Morgan fingerprint density at radius 3 is 0.896 bits per heavy atom. The van der Waals surface area contributed by atoms with E-state index < -0.39 is 6.10 Å². The van der Waals surface area contributed by atoms with Crippen LogP contribution in [0.1, 0.15) is 290 Å². The molecule has 1 unspecified atom stereocenters. The molecule has 0 aliphatic rings. The van der Waals surface area contributed by atoms with Crippen molar-refractivity contribution in [2.45, 2.75) is 297 Å². The summed E-state index contributed by atoms with van der Waals surface area (Å²) in [7, 11) is 0. The molecule has 0 aliphatic heterocycles. The minimum Gasteiger partial charge on any atom is -0.462 e. The van der Waals surface area contributed by atoms with Crippen LogP contribution in [0.5, 0.6) is 0 Å². The van der Waals surface area contributed by atoms with Crippen molar-refractivity contribution in [3.8, 4) is 0 Å². The SMILES string of the molecule is CC/C=C\C/C=C\C/C=C\C/C=C\C/C=C\CCCC(=O)OC(COC(=O)CCCCCCCCCCCCC)COC(=O)CCCCCCCCCCCCCCCCCCCCCCC. The summed E-state index contributed by atoms with van der Waals surface area (Å²) in [5.41, 5.74) is 0. The van der Waals surface area contributed by atoms with Gasteiger partial charge >= 0.3 is 17.9 Å². The molecule has 1 atom stereocenters. The number of ether oxygens (including phenoxy) is 3. The van der Waals surface area contributed by atoms with Gasteiger partial charge in [0.15, 0.2) is 6.10 Å². The number of hydrogen-bond acceptors (Lipinski definition) is 6. The topological polar surface area (TPSA) is 78.9 Å². The Bertz CT molecular complexity index is 1210. The second-order valence-electron chi connectivity index (χ2n) is 19.2. The van der Waals surface area contributed by atoms with Crippen molar-refractivity contribution < 1.29 is 28.6 Å². The highest BCUT2D eigenvalue weighted by Crippen LogP contribution is 2.17. The molecule has 0 aromatic heterocycles. The summed E-state index contributed by atoms with van der Waals surface area (Å²) in [6, 6.07) is 0. The fourth-order valence-corrected chi connectivity index (χ4v) is 8.24. The summed E-state index contributed by atoms with van der Waals surface area (Å²) in [5.74, 6) is -0.940. The van der Waals surface area contributed by atoms with Crippen LogP contribution in [0.4, 0.5) is 0 Å². The van der Waals surface area contributed by atoms with Crippen molar-refractivity contribution in [1.29, 1.82) is 0 Å². The highest BCUT2D eigenvalue weighted by Gasteiger charge is 2.19. The molecule has 0 saturated heterocycles. The van der Waals surface area contributed by atoms with Crippen LogP contribution in [0, 0.1) is 0 Å². The van der Waals surface area contributed by atoms with Crippen LogP contribution in [-0.4, -0.2) is 37.2 Å². The molecule has 0 bridgehead atoms. The van der Waals surface area contributed by atoms with Gasteiger partial charge in [-0.2, -0.15) is 0 Å². The third-order valence-corrected chi connectivity index (χ3v) is 12.5. The van der Waals surface area contributed by atoms with Crippen LogP contribution in [0.2, 0.25) is 0 Å². The maximum Gasteiger partial charge on any atom is 0.306 e. The number of carbonyl (C=O) groups is 3. The first-order chi connectivity index (χ1) is 33.0. The predicted octanol–water partition coefficient (Wildman–Crippen LogP) is 19.2. The first kappa shape index (κ1) is 64.1. The lowest BCUT2D eigenvalue weighted by atomic mass is 10.0. The van der Waals surface area contributed by atoms with E-state index in [1.807, 2.05) is 0 Å². The van der Waals surface area contributed by atoms with Gasteiger partial charge in [0.25, 0.3) is 0 Å². The number of hydrogen-bond donors (Lipinski definition) is 0. The number of allylic oxidation sites excluding steroid dienone is 10. The molecule has 6 nitrogen and oxygen atoms in total. The largest absolute Gasteiger partial charge is 0.462 e. The molecular formula is C61H108O6. The molecule has 0 rings (SSSR count). The van der Waals surface area contributed by atoms with Gasteiger partial charge in [0.1, 0.15) is 13.2 Å². The Balaban J connectivity index is 4.35. The first-order valence-corrected chi connectivity index (χ1v) is 28.8. The molecule has 0 saturated carbocycles. The molecule has 0 aromatic rings. The van der Waals surface area contributed by atoms with Crippen molar-refractivity contribution in [2.75, 3.05) is 13.2 Å². The van der Waals surface area contributed by atoms with Gasteiger partial charge in [-0.25, -0.2) is 0 Å². The zero-order valence-electron chi connectivity index (χ0n) is 44.4. The Morgan fingerprint density at radius 1 is 0.313 bits per heavy atom. The summed E-state index contributed by atoms with van der Waals surface area (Å²) < 4.78 is 16.8. The Hall–Kier alpha value is -2.89. The number of carbonyl (C=O) groups excluding carboxylic acids is 3. The van der Waals surface area contributed by atoms with Gasteiger partial charge in [0, 0.05) is 19.3 Å². The van der Waals surface area contributed by atoms with E-state index in [1.54, 1.807) is 0 Å². The fourth-order valence-electron chi connectivity index (χ4n) is 8.24. The summed E-state index contributed by atoms with van der Waals surface area (Å²) in [5, 5.41) is 0. The van der Waals surface area contributed by atoms with Crippen LogP contribution in [-0.2, 0) is 28.6 Å². The first-order valence-electron chi connectivity index (χ1n) is 28.8. The standard InChI is InChI=1S/C61H108O6/c1-4-7-10-13-16-19-22-24-26-28-29-30-31-33-34-36-39-42-45-48-51-54-60(63)66-57-58(56-65-59(62)53-50-47-44-41-38-21-18-15-12-9-6-3)67-61(64)55-52-49-46-43-40-37-35-32-27-25-23-20-17-14-11-8-5-2/h8,11,17,20,25,27,35,37,43,46,58H,4-7,9-10,12-16,18-19,21-24,26,28-34,36,38-42,44-45,47-57H2,1-3H3/b11-8-,20-17-,27-25-,37-35-,46-43-. The Kier molecular flexibility index (Phi) is 53.3. The molecule has 0 aliphatic carbocycles.